The number of hydrogen-bond acceptors (Lipinski definition) is 6. The molecular formula is C21H16F2N2O5. The van der Waals surface area contributed by atoms with Crippen LogP contribution in [0, 0.1) is 11.6 Å². The highest BCUT2D eigenvalue weighted by Gasteiger charge is 2.20. The van der Waals surface area contributed by atoms with Crippen molar-refractivity contribution in [2.24, 2.45) is 0 Å². The topological polar surface area (TPSA) is 90.8 Å². The zero-order chi connectivity index (χ0) is 21.7. The number of ether oxygens (including phenoxy) is 3. The minimum absolute atomic E-state index is 0.0241. The van der Waals surface area contributed by atoms with Gasteiger partial charge in [-0.15, -0.1) is 0 Å². The standard InChI is InChI=1S/C21H16F2N2O5/c1-12(28-2)19(21(26)27)13-6-3-4-9-16(13)29-17-10-18(25-11-24-17)30-20-14(22)7-5-8-15(20)23/h3-11H,1-2H3,(H,26,27)/b19-12+. The molecule has 0 spiro atoms. The zero-order valence-corrected chi connectivity index (χ0v) is 15.9. The van der Waals surface area contributed by atoms with Gasteiger partial charge in [0.15, 0.2) is 11.6 Å². The van der Waals surface area contributed by atoms with Gasteiger partial charge in [0.25, 0.3) is 0 Å². The van der Waals surface area contributed by atoms with E-state index in [4.69, 9.17) is 14.2 Å². The maximum Gasteiger partial charge on any atom is 0.339 e. The van der Waals surface area contributed by atoms with Crippen LogP contribution in [0.4, 0.5) is 8.78 Å². The maximum atomic E-state index is 13.8. The smallest absolute Gasteiger partial charge is 0.339 e. The van der Waals surface area contributed by atoms with Gasteiger partial charge in [-0.3, -0.25) is 0 Å². The molecule has 0 aliphatic carbocycles. The lowest BCUT2D eigenvalue weighted by Gasteiger charge is -2.13. The molecule has 0 radical (unpaired) electrons. The summed E-state index contributed by atoms with van der Waals surface area (Å²) in [4.78, 5) is 19.5. The number of benzene rings is 2. The molecule has 0 amide bonds. The van der Waals surface area contributed by atoms with Crippen LogP contribution < -0.4 is 9.47 Å². The predicted molar refractivity (Wildman–Crippen MR) is 102 cm³/mol. The number of allylic oxidation sites excluding steroid dienone is 1. The van der Waals surface area contributed by atoms with Crippen LogP contribution >= 0.6 is 0 Å². The highest BCUT2D eigenvalue weighted by Crippen LogP contribution is 2.33. The molecule has 30 heavy (non-hydrogen) atoms. The molecule has 1 heterocycles. The average molecular weight is 414 g/mol. The fraction of sp³-hybridized carbons (Fsp3) is 0.0952. The first kappa shape index (κ1) is 20.7. The highest BCUT2D eigenvalue weighted by molar-refractivity contribution is 6.16. The van der Waals surface area contributed by atoms with Crippen molar-refractivity contribution < 1.29 is 32.9 Å². The molecular weight excluding hydrogens is 398 g/mol. The Hall–Kier alpha value is -4.01. The lowest BCUT2D eigenvalue weighted by atomic mass is 10.0. The van der Waals surface area contributed by atoms with E-state index in [0.717, 1.165) is 18.5 Å². The van der Waals surface area contributed by atoms with Crippen molar-refractivity contribution in [1.29, 1.82) is 0 Å². The van der Waals surface area contributed by atoms with Gasteiger partial charge in [-0.25, -0.2) is 23.5 Å². The Kier molecular flexibility index (Phi) is 6.21. The third-order valence-electron chi connectivity index (χ3n) is 3.99. The van der Waals surface area contributed by atoms with Crippen molar-refractivity contribution >= 4 is 11.5 Å². The van der Waals surface area contributed by atoms with E-state index in [1.54, 1.807) is 24.3 Å². The van der Waals surface area contributed by atoms with E-state index in [2.05, 4.69) is 9.97 Å². The molecule has 3 rings (SSSR count). The monoisotopic (exact) mass is 414 g/mol. The first-order valence-corrected chi connectivity index (χ1v) is 8.60. The first-order chi connectivity index (χ1) is 14.4. The molecule has 1 aromatic heterocycles. The molecule has 0 aliphatic rings. The van der Waals surface area contributed by atoms with Crippen molar-refractivity contribution in [2.75, 3.05) is 7.11 Å². The molecule has 9 heteroatoms. The molecule has 7 nitrogen and oxygen atoms in total. The minimum Gasteiger partial charge on any atom is -0.500 e. The fourth-order valence-corrected chi connectivity index (χ4v) is 2.55. The molecule has 1 N–H and O–H groups in total. The first-order valence-electron chi connectivity index (χ1n) is 8.60. The number of para-hydroxylation sites is 2. The van der Waals surface area contributed by atoms with E-state index in [-0.39, 0.29) is 34.4 Å². The molecule has 3 aromatic rings. The maximum absolute atomic E-state index is 13.8. The number of methoxy groups -OCH3 is 1. The van der Waals surface area contributed by atoms with Crippen molar-refractivity contribution in [3.8, 4) is 23.3 Å². The van der Waals surface area contributed by atoms with E-state index in [9.17, 15) is 18.7 Å². The van der Waals surface area contributed by atoms with Crippen molar-refractivity contribution in [1.82, 2.24) is 9.97 Å². The second-order valence-corrected chi connectivity index (χ2v) is 5.89. The zero-order valence-electron chi connectivity index (χ0n) is 15.9. The number of aliphatic carboxylic acids is 1. The minimum atomic E-state index is -1.20. The van der Waals surface area contributed by atoms with E-state index in [1.807, 2.05) is 0 Å². The summed E-state index contributed by atoms with van der Waals surface area (Å²) in [7, 11) is 1.36. The van der Waals surface area contributed by atoms with Crippen LogP contribution in [0.3, 0.4) is 0 Å². The van der Waals surface area contributed by atoms with Gasteiger partial charge in [0.05, 0.1) is 13.2 Å². The molecule has 0 saturated heterocycles. The van der Waals surface area contributed by atoms with Crippen LogP contribution in [0.1, 0.15) is 12.5 Å². The molecule has 2 aromatic carbocycles. The van der Waals surface area contributed by atoms with Crippen molar-refractivity contribution in [3.05, 3.63) is 77.8 Å². The van der Waals surface area contributed by atoms with Crippen LogP contribution in [0.5, 0.6) is 23.3 Å². The fourth-order valence-electron chi connectivity index (χ4n) is 2.55. The third-order valence-corrected chi connectivity index (χ3v) is 3.99. The van der Waals surface area contributed by atoms with E-state index in [0.29, 0.717) is 0 Å². The summed E-state index contributed by atoms with van der Waals surface area (Å²) >= 11 is 0. The number of nitrogens with zero attached hydrogens (tertiary/aromatic N) is 2. The van der Waals surface area contributed by atoms with Crippen LogP contribution in [-0.4, -0.2) is 28.2 Å². The molecule has 0 atom stereocenters. The van der Waals surface area contributed by atoms with E-state index in [1.165, 1.54) is 26.2 Å². The van der Waals surface area contributed by atoms with Crippen LogP contribution in [0.25, 0.3) is 5.57 Å². The second kappa shape index (κ2) is 8.99. The highest BCUT2D eigenvalue weighted by atomic mass is 19.1. The number of hydrogen-bond donors (Lipinski definition) is 1. The van der Waals surface area contributed by atoms with Crippen LogP contribution in [-0.2, 0) is 9.53 Å². The van der Waals surface area contributed by atoms with Gasteiger partial charge < -0.3 is 19.3 Å². The largest absolute Gasteiger partial charge is 0.500 e. The average Bonchev–Trinajstić information content (AvgIpc) is 2.72. The van der Waals surface area contributed by atoms with Gasteiger partial charge in [-0.05, 0) is 25.1 Å². The summed E-state index contributed by atoms with van der Waals surface area (Å²) in [6.07, 6.45) is 1.08. The Labute approximate surface area is 170 Å². The lowest BCUT2D eigenvalue weighted by Crippen LogP contribution is -2.05. The van der Waals surface area contributed by atoms with Crippen molar-refractivity contribution in [3.63, 3.8) is 0 Å². The summed E-state index contributed by atoms with van der Waals surface area (Å²) in [6, 6.07) is 10.9. The van der Waals surface area contributed by atoms with E-state index >= 15 is 0 Å². The van der Waals surface area contributed by atoms with Gasteiger partial charge in [-0.1, -0.05) is 24.3 Å². The van der Waals surface area contributed by atoms with Crippen LogP contribution in [0.15, 0.2) is 60.6 Å². The molecule has 0 bridgehead atoms. The normalized spacial score (nSPS) is 11.5. The Morgan fingerprint density at radius 2 is 1.60 bits per heavy atom. The lowest BCUT2D eigenvalue weighted by molar-refractivity contribution is -0.130. The van der Waals surface area contributed by atoms with Gasteiger partial charge in [0, 0.05) is 5.56 Å². The Morgan fingerprint density at radius 1 is 0.967 bits per heavy atom. The third kappa shape index (κ3) is 4.52. The number of halogens is 2. The summed E-state index contributed by atoms with van der Waals surface area (Å²) < 4.78 is 43.6. The summed E-state index contributed by atoms with van der Waals surface area (Å²) in [6.45, 7) is 1.51. The van der Waals surface area contributed by atoms with Gasteiger partial charge >= 0.3 is 5.97 Å². The Bertz CT molecular complexity index is 1100. The van der Waals surface area contributed by atoms with Gasteiger partial charge in [0.1, 0.15) is 23.4 Å². The van der Waals surface area contributed by atoms with Gasteiger partial charge in [-0.2, -0.15) is 0 Å². The molecule has 0 saturated carbocycles. The summed E-state index contributed by atoms with van der Waals surface area (Å²) in [5.41, 5.74) is 0.164. The number of carbonyl (C=O) groups is 1. The quantitative estimate of drug-likeness (QED) is 0.439. The van der Waals surface area contributed by atoms with Gasteiger partial charge in [0.2, 0.25) is 17.5 Å². The number of carboxylic acid groups (broad SMARTS) is 1. The Morgan fingerprint density at radius 3 is 2.23 bits per heavy atom. The molecule has 0 unspecified atom stereocenters. The number of rotatable bonds is 7. The number of carboxylic acids is 1. The summed E-state index contributed by atoms with van der Waals surface area (Å²) in [5.74, 6) is -3.44. The summed E-state index contributed by atoms with van der Waals surface area (Å²) in [5, 5.41) is 9.57. The van der Waals surface area contributed by atoms with Crippen LogP contribution in [0.2, 0.25) is 0 Å². The SMILES string of the molecule is CO/C(C)=C(/C(=O)O)c1ccccc1Oc1cc(Oc2c(F)cccc2F)ncn1. The molecule has 0 fully saturated rings. The van der Waals surface area contributed by atoms with E-state index < -0.39 is 23.4 Å². The Balaban J connectivity index is 1.94. The second-order valence-electron chi connectivity index (χ2n) is 5.89. The molecule has 0 aliphatic heterocycles. The molecule has 154 valence electrons. The predicted octanol–water partition coefficient (Wildman–Crippen LogP) is 4.80. The van der Waals surface area contributed by atoms with Crippen molar-refractivity contribution in [2.45, 2.75) is 6.92 Å². The number of aromatic nitrogens is 2.